The first-order chi connectivity index (χ1) is 10.1. The number of hydrogen-bond acceptors (Lipinski definition) is 3. The van der Waals surface area contributed by atoms with E-state index in [2.05, 4.69) is 10.3 Å². The third-order valence-corrected chi connectivity index (χ3v) is 4.08. The van der Waals surface area contributed by atoms with Gasteiger partial charge in [0.15, 0.2) is 0 Å². The molecule has 2 aromatic rings. The fourth-order valence-electron chi connectivity index (χ4n) is 2.99. The van der Waals surface area contributed by atoms with E-state index >= 15 is 0 Å². The summed E-state index contributed by atoms with van der Waals surface area (Å²) >= 11 is 0. The van der Waals surface area contributed by atoms with Crippen LogP contribution in [0.4, 0.5) is 0 Å². The molecule has 6 heteroatoms. The van der Waals surface area contributed by atoms with Gasteiger partial charge in [-0.25, -0.2) is 4.79 Å². The van der Waals surface area contributed by atoms with Crippen molar-refractivity contribution in [1.29, 1.82) is 0 Å². The van der Waals surface area contributed by atoms with Crippen LogP contribution in [0.3, 0.4) is 0 Å². The Balaban J connectivity index is 1.62. The molecule has 0 unspecified atom stereocenters. The van der Waals surface area contributed by atoms with Crippen LogP contribution < -0.4 is 16.7 Å². The van der Waals surface area contributed by atoms with E-state index in [9.17, 15) is 9.59 Å². The fraction of sp³-hybridized carbons (Fsp3) is 0.467. The summed E-state index contributed by atoms with van der Waals surface area (Å²) in [6.07, 6.45) is 3.05. The first-order valence-electron chi connectivity index (χ1n) is 7.36. The highest BCUT2D eigenvalue weighted by molar-refractivity contribution is 5.77. The molecule has 1 heterocycles. The number of nitrogens with one attached hydrogen (secondary N) is 2. The minimum Gasteiger partial charge on any atom is -0.353 e. The number of rotatable bonds is 4. The Bertz CT molecular complexity index is 703. The van der Waals surface area contributed by atoms with E-state index in [4.69, 9.17) is 5.73 Å². The van der Waals surface area contributed by atoms with Crippen LogP contribution in [-0.4, -0.2) is 27.5 Å². The number of nitrogens with two attached hydrogens (primary N) is 1. The van der Waals surface area contributed by atoms with Gasteiger partial charge in [-0.2, -0.15) is 0 Å². The summed E-state index contributed by atoms with van der Waals surface area (Å²) < 4.78 is 1.61. The van der Waals surface area contributed by atoms with E-state index in [0.717, 1.165) is 30.3 Å². The molecule has 1 fully saturated rings. The molecule has 0 radical (unpaired) electrons. The van der Waals surface area contributed by atoms with Crippen molar-refractivity contribution in [2.45, 2.75) is 44.3 Å². The van der Waals surface area contributed by atoms with Gasteiger partial charge in [0.1, 0.15) is 0 Å². The molecule has 1 aliphatic rings. The number of aromatic nitrogens is 2. The van der Waals surface area contributed by atoms with Crippen LogP contribution in [0.2, 0.25) is 0 Å². The largest absolute Gasteiger partial charge is 0.353 e. The number of benzene rings is 1. The van der Waals surface area contributed by atoms with Gasteiger partial charge in [0.25, 0.3) is 0 Å². The molecule has 3 rings (SSSR count). The average molecular weight is 288 g/mol. The van der Waals surface area contributed by atoms with Gasteiger partial charge in [-0.1, -0.05) is 12.1 Å². The van der Waals surface area contributed by atoms with E-state index in [1.54, 1.807) is 4.57 Å². The second-order valence-corrected chi connectivity index (χ2v) is 5.69. The van der Waals surface area contributed by atoms with Crippen LogP contribution in [0.5, 0.6) is 0 Å². The molecule has 1 aromatic heterocycles. The predicted molar refractivity (Wildman–Crippen MR) is 80.9 cm³/mol. The Morgan fingerprint density at radius 2 is 2.19 bits per heavy atom. The summed E-state index contributed by atoms with van der Waals surface area (Å²) in [5, 5.41) is 2.99. The van der Waals surface area contributed by atoms with Crippen molar-refractivity contribution in [2.75, 3.05) is 0 Å². The summed E-state index contributed by atoms with van der Waals surface area (Å²) in [5.74, 6) is -0.0220. The average Bonchev–Trinajstić information content (AvgIpc) is 2.99. The molecule has 1 aliphatic carbocycles. The number of imidazole rings is 1. The maximum Gasteiger partial charge on any atom is 0.326 e. The van der Waals surface area contributed by atoms with Crippen molar-refractivity contribution in [2.24, 2.45) is 5.73 Å². The van der Waals surface area contributed by atoms with Gasteiger partial charge in [0, 0.05) is 25.0 Å². The quantitative estimate of drug-likeness (QED) is 0.773. The second kappa shape index (κ2) is 5.73. The zero-order chi connectivity index (χ0) is 14.8. The number of aryl methyl sites for hydroxylation is 1. The number of carbonyl (C=O) groups is 1. The molecule has 112 valence electrons. The van der Waals surface area contributed by atoms with Crippen molar-refractivity contribution in [1.82, 2.24) is 14.9 Å². The topological polar surface area (TPSA) is 92.9 Å². The van der Waals surface area contributed by atoms with Gasteiger partial charge in [-0.05, 0) is 31.4 Å². The SMILES string of the molecule is N[C@H]1CC[C@H](NC(=O)CCn2c(=O)[nH]c3ccccc32)C1. The van der Waals surface area contributed by atoms with Crippen LogP contribution >= 0.6 is 0 Å². The maximum atomic E-state index is 12.0. The Labute approximate surface area is 122 Å². The van der Waals surface area contributed by atoms with Gasteiger partial charge < -0.3 is 16.0 Å². The molecule has 0 bridgehead atoms. The molecule has 0 spiro atoms. The molecular formula is C15H20N4O2. The van der Waals surface area contributed by atoms with Crippen LogP contribution in [-0.2, 0) is 11.3 Å². The monoisotopic (exact) mass is 288 g/mol. The highest BCUT2D eigenvalue weighted by Gasteiger charge is 2.22. The molecule has 21 heavy (non-hydrogen) atoms. The summed E-state index contributed by atoms with van der Waals surface area (Å²) in [6.45, 7) is 0.382. The van der Waals surface area contributed by atoms with Gasteiger partial charge in [-0.3, -0.25) is 9.36 Å². The van der Waals surface area contributed by atoms with Crippen molar-refractivity contribution in [3.8, 4) is 0 Å². The van der Waals surface area contributed by atoms with Crippen LogP contribution in [0, 0.1) is 0 Å². The van der Waals surface area contributed by atoms with Crippen LogP contribution in [0.1, 0.15) is 25.7 Å². The smallest absolute Gasteiger partial charge is 0.326 e. The minimum atomic E-state index is -0.174. The molecule has 1 saturated carbocycles. The minimum absolute atomic E-state index is 0.0220. The Morgan fingerprint density at radius 3 is 2.95 bits per heavy atom. The molecule has 1 aromatic carbocycles. The Morgan fingerprint density at radius 1 is 1.38 bits per heavy atom. The highest BCUT2D eigenvalue weighted by Crippen LogP contribution is 2.17. The summed E-state index contributed by atoms with van der Waals surface area (Å²) in [7, 11) is 0. The number of para-hydroxylation sites is 2. The van der Waals surface area contributed by atoms with Crippen molar-refractivity contribution < 1.29 is 4.79 Å². The van der Waals surface area contributed by atoms with E-state index in [0.29, 0.717) is 13.0 Å². The Kier molecular flexibility index (Phi) is 3.79. The third kappa shape index (κ3) is 3.00. The molecule has 4 N–H and O–H groups in total. The van der Waals surface area contributed by atoms with Gasteiger partial charge >= 0.3 is 5.69 Å². The lowest BCUT2D eigenvalue weighted by Crippen LogP contribution is -2.35. The first-order valence-corrected chi connectivity index (χ1v) is 7.36. The predicted octanol–water partition coefficient (Wildman–Crippen LogP) is 0.716. The standard InChI is InChI=1S/C15H20N4O2/c16-10-5-6-11(9-10)17-14(20)7-8-19-13-4-2-1-3-12(13)18-15(19)21/h1-4,10-11H,5-9,16H2,(H,17,20)(H,18,21)/t10-,11-/m0/s1. The number of amides is 1. The Hall–Kier alpha value is -2.08. The van der Waals surface area contributed by atoms with Crippen molar-refractivity contribution >= 4 is 16.9 Å². The third-order valence-electron chi connectivity index (χ3n) is 4.08. The normalized spacial score (nSPS) is 21.8. The first kappa shape index (κ1) is 13.9. The molecule has 6 nitrogen and oxygen atoms in total. The van der Waals surface area contributed by atoms with E-state index in [1.807, 2.05) is 24.3 Å². The molecule has 0 aliphatic heterocycles. The summed E-state index contributed by atoms with van der Waals surface area (Å²) in [6, 6.07) is 7.87. The number of nitrogens with zero attached hydrogens (tertiary/aromatic N) is 1. The summed E-state index contributed by atoms with van der Waals surface area (Å²) in [5.41, 5.74) is 7.29. The number of carbonyl (C=O) groups excluding carboxylic acids is 1. The van der Waals surface area contributed by atoms with Crippen molar-refractivity contribution in [3.05, 3.63) is 34.7 Å². The molecular weight excluding hydrogens is 268 g/mol. The zero-order valence-electron chi connectivity index (χ0n) is 11.8. The molecule has 2 atom stereocenters. The van der Waals surface area contributed by atoms with E-state index < -0.39 is 0 Å². The van der Waals surface area contributed by atoms with Crippen LogP contribution in [0.25, 0.3) is 11.0 Å². The van der Waals surface area contributed by atoms with Gasteiger partial charge in [-0.15, -0.1) is 0 Å². The number of H-pyrrole nitrogens is 1. The van der Waals surface area contributed by atoms with Crippen LogP contribution in [0.15, 0.2) is 29.1 Å². The lowest BCUT2D eigenvalue weighted by atomic mass is 10.2. The second-order valence-electron chi connectivity index (χ2n) is 5.69. The molecule has 0 saturated heterocycles. The maximum absolute atomic E-state index is 12.0. The number of aromatic amines is 1. The summed E-state index contributed by atoms with van der Waals surface area (Å²) in [4.78, 5) is 26.7. The lowest BCUT2D eigenvalue weighted by molar-refractivity contribution is -0.121. The zero-order valence-corrected chi connectivity index (χ0v) is 11.8. The van der Waals surface area contributed by atoms with Gasteiger partial charge in [0.2, 0.25) is 5.91 Å². The van der Waals surface area contributed by atoms with Gasteiger partial charge in [0.05, 0.1) is 11.0 Å². The lowest BCUT2D eigenvalue weighted by Gasteiger charge is -2.12. The van der Waals surface area contributed by atoms with Crippen molar-refractivity contribution in [3.63, 3.8) is 0 Å². The molecule has 1 amide bonds. The van der Waals surface area contributed by atoms with E-state index in [-0.39, 0.29) is 23.7 Å². The number of hydrogen-bond donors (Lipinski definition) is 3. The fourth-order valence-corrected chi connectivity index (χ4v) is 2.99. The van der Waals surface area contributed by atoms with E-state index in [1.165, 1.54) is 0 Å². The highest BCUT2D eigenvalue weighted by atomic mass is 16.2. The number of fused-ring (bicyclic) bond motifs is 1.